The van der Waals surface area contributed by atoms with Gasteiger partial charge in [-0.2, -0.15) is 0 Å². The minimum absolute atomic E-state index is 0.115. The summed E-state index contributed by atoms with van der Waals surface area (Å²) < 4.78 is 5.02. The summed E-state index contributed by atoms with van der Waals surface area (Å²) in [6.07, 6.45) is 3.27. The van der Waals surface area contributed by atoms with E-state index in [-0.39, 0.29) is 17.4 Å². The second-order valence-corrected chi connectivity index (χ2v) is 4.66. The van der Waals surface area contributed by atoms with Gasteiger partial charge in [-0.05, 0) is 30.9 Å². The van der Waals surface area contributed by atoms with Crippen molar-refractivity contribution in [2.24, 2.45) is 5.92 Å². The molecule has 1 saturated heterocycles. The highest BCUT2D eigenvalue weighted by atomic mass is 16.4. The van der Waals surface area contributed by atoms with Crippen LogP contribution in [0, 0.1) is 5.92 Å². The van der Waals surface area contributed by atoms with Crippen LogP contribution in [0.2, 0.25) is 0 Å². The molecule has 0 aliphatic carbocycles. The molecule has 0 bridgehead atoms. The van der Waals surface area contributed by atoms with Gasteiger partial charge in [0.15, 0.2) is 5.76 Å². The molecule has 0 spiro atoms. The molecular formula is C13H17NO4. The van der Waals surface area contributed by atoms with E-state index in [4.69, 9.17) is 9.52 Å². The topological polar surface area (TPSA) is 70.8 Å². The number of likely N-dealkylation sites (tertiary alicyclic amines) is 1. The molecule has 1 amide bonds. The first kappa shape index (κ1) is 12.7. The Balaban J connectivity index is 2.01. The van der Waals surface area contributed by atoms with Crippen LogP contribution in [0.1, 0.15) is 47.3 Å². The van der Waals surface area contributed by atoms with Gasteiger partial charge < -0.3 is 14.4 Å². The molecule has 1 fully saturated rings. The molecule has 1 atom stereocenters. The van der Waals surface area contributed by atoms with Gasteiger partial charge in [0.05, 0.1) is 0 Å². The number of aromatic carboxylic acids is 1. The largest absolute Gasteiger partial charge is 0.475 e. The van der Waals surface area contributed by atoms with Crippen molar-refractivity contribution in [3.8, 4) is 0 Å². The predicted octanol–water partition coefficient (Wildman–Crippen LogP) is 2.24. The summed E-state index contributed by atoms with van der Waals surface area (Å²) in [6, 6.07) is 2.74. The summed E-state index contributed by atoms with van der Waals surface area (Å²) in [5, 5.41) is 8.74. The molecule has 0 radical (unpaired) electrons. The van der Waals surface area contributed by atoms with E-state index in [9.17, 15) is 9.59 Å². The molecule has 1 aromatic heterocycles. The molecule has 1 aromatic rings. The fourth-order valence-corrected chi connectivity index (χ4v) is 2.38. The number of carboxylic acid groups (broad SMARTS) is 1. The first-order chi connectivity index (χ1) is 8.61. The molecular weight excluding hydrogens is 234 g/mol. The van der Waals surface area contributed by atoms with Crippen molar-refractivity contribution in [3.05, 3.63) is 23.7 Å². The number of furan rings is 1. The number of carboxylic acids is 1. The van der Waals surface area contributed by atoms with Crippen LogP contribution in [0.3, 0.4) is 0 Å². The van der Waals surface area contributed by atoms with Gasteiger partial charge in [0, 0.05) is 13.1 Å². The Hall–Kier alpha value is -1.78. The molecule has 1 unspecified atom stereocenters. The minimum atomic E-state index is -1.15. The number of carbonyl (C=O) groups excluding carboxylic acids is 1. The average molecular weight is 251 g/mol. The molecule has 2 heterocycles. The molecule has 1 N–H and O–H groups in total. The van der Waals surface area contributed by atoms with Crippen LogP contribution in [0.5, 0.6) is 0 Å². The van der Waals surface area contributed by atoms with Crippen molar-refractivity contribution < 1.29 is 19.1 Å². The maximum absolute atomic E-state index is 12.1. The summed E-state index contributed by atoms with van der Waals surface area (Å²) in [4.78, 5) is 24.5. The van der Waals surface area contributed by atoms with Crippen molar-refractivity contribution in [2.45, 2.75) is 26.2 Å². The van der Waals surface area contributed by atoms with Crippen molar-refractivity contribution in [2.75, 3.05) is 13.1 Å². The fourth-order valence-electron chi connectivity index (χ4n) is 2.38. The first-order valence-electron chi connectivity index (χ1n) is 6.24. The van der Waals surface area contributed by atoms with Crippen LogP contribution in [-0.4, -0.2) is 35.0 Å². The van der Waals surface area contributed by atoms with Crippen molar-refractivity contribution in [1.29, 1.82) is 0 Å². The van der Waals surface area contributed by atoms with E-state index in [0.29, 0.717) is 5.92 Å². The van der Waals surface area contributed by atoms with E-state index in [0.717, 1.165) is 32.4 Å². The molecule has 1 aliphatic rings. The molecule has 5 nitrogen and oxygen atoms in total. The highest BCUT2D eigenvalue weighted by Crippen LogP contribution is 2.23. The predicted molar refractivity (Wildman–Crippen MR) is 64.6 cm³/mol. The summed E-state index contributed by atoms with van der Waals surface area (Å²) in [7, 11) is 0. The van der Waals surface area contributed by atoms with Crippen LogP contribution >= 0.6 is 0 Å². The Bertz CT molecular complexity index is 452. The average Bonchev–Trinajstić information content (AvgIpc) is 2.97. The van der Waals surface area contributed by atoms with Gasteiger partial charge in [-0.25, -0.2) is 4.79 Å². The molecule has 2 rings (SSSR count). The van der Waals surface area contributed by atoms with Gasteiger partial charge in [-0.15, -0.1) is 0 Å². The Labute approximate surface area is 105 Å². The lowest BCUT2D eigenvalue weighted by atomic mass is 10.0. The number of hydrogen-bond acceptors (Lipinski definition) is 3. The van der Waals surface area contributed by atoms with E-state index in [2.05, 4.69) is 6.92 Å². The lowest BCUT2D eigenvalue weighted by molar-refractivity contribution is 0.0653. The van der Waals surface area contributed by atoms with E-state index >= 15 is 0 Å². The van der Waals surface area contributed by atoms with Crippen LogP contribution in [0.15, 0.2) is 16.5 Å². The fraction of sp³-hybridized carbons (Fsp3) is 0.538. The third kappa shape index (κ3) is 2.55. The van der Waals surface area contributed by atoms with E-state index in [1.165, 1.54) is 12.1 Å². The Kier molecular flexibility index (Phi) is 3.69. The summed E-state index contributed by atoms with van der Waals surface area (Å²) in [6.45, 7) is 3.61. The second-order valence-electron chi connectivity index (χ2n) is 4.66. The first-order valence-corrected chi connectivity index (χ1v) is 6.24. The van der Waals surface area contributed by atoms with Gasteiger partial charge in [-0.3, -0.25) is 4.79 Å². The van der Waals surface area contributed by atoms with Crippen LogP contribution in [0.25, 0.3) is 0 Å². The number of carbonyl (C=O) groups is 2. The van der Waals surface area contributed by atoms with Crippen molar-refractivity contribution >= 4 is 11.9 Å². The maximum atomic E-state index is 12.1. The van der Waals surface area contributed by atoms with E-state index in [1.807, 2.05) is 0 Å². The number of rotatable bonds is 4. The number of hydrogen-bond donors (Lipinski definition) is 1. The van der Waals surface area contributed by atoms with Gasteiger partial charge >= 0.3 is 5.97 Å². The smallest absolute Gasteiger partial charge is 0.371 e. The highest BCUT2D eigenvalue weighted by Gasteiger charge is 2.28. The minimum Gasteiger partial charge on any atom is -0.475 e. The molecule has 5 heteroatoms. The Morgan fingerprint density at radius 3 is 2.78 bits per heavy atom. The standard InChI is InChI=1S/C13H17NO4/c1-2-3-9-6-7-14(8-9)12(15)10-4-5-11(18-10)13(16)17/h4-5,9H,2-3,6-8H2,1H3,(H,16,17). The van der Waals surface area contributed by atoms with Crippen LogP contribution in [-0.2, 0) is 0 Å². The normalized spacial score (nSPS) is 19.2. The maximum Gasteiger partial charge on any atom is 0.371 e. The summed E-state index contributed by atoms with van der Waals surface area (Å²) >= 11 is 0. The zero-order valence-electron chi connectivity index (χ0n) is 10.4. The van der Waals surface area contributed by atoms with E-state index in [1.54, 1.807) is 4.90 Å². The van der Waals surface area contributed by atoms with Gasteiger partial charge in [0.25, 0.3) is 5.91 Å². The van der Waals surface area contributed by atoms with Crippen molar-refractivity contribution in [1.82, 2.24) is 4.90 Å². The van der Waals surface area contributed by atoms with Gasteiger partial charge in [0.2, 0.25) is 5.76 Å². The van der Waals surface area contributed by atoms with Crippen molar-refractivity contribution in [3.63, 3.8) is 0 Å². The van der Waals surface area contributed by atoms with E-state index < -0.39 is 5.97 Å². The van der Waals surface area contributed by atoms with Crippen LogP contribution in [0.4, 0.5) is 0 Å². The summed E-state index contributed by atoms with van der Waals surface area (Å²) in [5.41, 5.74) is 0. The van der Waals surface area contributed by atoms with Crippen LogP contribution < -0.4 is 0 Å². The zero-order valence-corrected chi connectivity index (χ0v) is 10.4. The lowest BCUT2D eigenvalue weighted by Crippen LogP contribution is -2.28. The third-order valence-electron chi connectivity index (χ3n) is 3.30. The molecule has 98 valence electrons. The quantitative estimate of drug-likeness (QED) is 0.890. The number of amides is 1. The summed E-state index contributed by atoms with van der Waals surface area (Å²) in [5.74, 6) is -0.875. The lowest BCUT2D eigenvalue weighted by Gasteiger charge is -2.14. The SMILES string of the molecule is CCCC1CCN(C(=O)c2ccc(C(=O)O)o2)C1. The highest BCUT2D eigenvalue weighted by molar-refractivity contribution is 5.93. The third-order valence-corrected chi connectivity index (χ3v) is 3.30. The van der Waals surface area contributed by atoms with Gasteiger partial charge in [0.1, 0.15) is 0 Å². The Morgan fingerprint density at radius 1 is 1.44 bits per heavy atom. The second kappa shape index (κ2) is 5.25. The molecule has 0 saturated carbocycles. The Morgan fingerprint density at radius 2 is 2.17 bits per heavy atom. The monoisotopic (exact) mass is 251 g/mol. The number of nitrogens with zero attached hydrogens (tertiary/aromatic N) is 1. The molecule has 1 aliphatic heterocycles. The molecule has 18 heavy (non-hydrogen) atoms. The van der Waals surface area contributed by atoms with Gasteiger partial charge in [-0.1, -0.05) is 13.3 Å². The molecule has 0 aromatic carbocycles. The zero-order chi connectivity index (χ0) is 13.1.